The van der Waals surface area contributed by atoms with Gasteiger partial charge in [-0.3, -0.25) is 4.79 Å². The van der Waals surface area contributed by atoms with E-state index in [-0.39, 0.29) is 12.0 Å². The van der Waals surface area contributed by atoms with Crippen molar-refractivity contribution in [2.45, 2.75) is 33.0 Å². The van der Waals surface area contributed by atoms with Gasteiger partial charge >= 0.3 is 0 Å². The van der Waals surface area contributed by atoms with Crippen molar-refractivity contribution >= 4 is 23.4 Å². The van der Waals surface area contributed by atoms with E-state index in [0.717, 1.165) is 24.2 Å². The highest BCUT2D eigenvalue weighted by Gasteiger charge is 2.28. The highest BCUT2D eigenvalue weighted by molar-refractivity contribution is 6.09. The Morgan fingerprint density at radius 3 is 2.93 bits per heavy atom. The molecule has 2 heterocycles. The number of hydrogen-bond donors (Lipinski definition) is 1. The van der Waals surface area contributed by atoms with Gasteiger partial charge in [0, 0.05) is 38.6 Å². The monoisotopic (exact) mass is 382 g/mol. The molecule has 1 amide bonds. The summed E-state index contributed by atoms with van der Waals surface area (Å²) >= 11 is 0. The van der Waals surface area contributed by atoms with E-state index in [0.29, 0.717) is 37.0 Å². The van der Waals surface area contributed by atoms with Gasteiger partial charge in [0.2, 0.25) is 5.95 Å². The number of likely N-dealkylation sites (N-methyl/N-ethyl adjacent to an activating group) is 1. The fourth-order valence-corrected chi connectivity index (χ4v) is 3.04. The van der Waals surface area contributed by atoms with Crippen LogP contribution in [0.25, 0.3) is 0 Å². The molecule has 1 aliphatic heterocycles. The van der Waals surface area contributed by atoms with E-state index in [9.17, 15) is 4.79 Å². The smallest absolute Gasteiger partial charge is 0.263 e. The maximum atomic E-state index is 13.2. The van der Waals surface area contributed by atoms with Gasteiger partial charge in [0.15, 0.2) is 0 Å². The van der Waals surface area contributed by atoms with Crippen molar-refractivity contribution in [3.63, 3.8) is 0 Å². The third-order valence-electron chi connectivity index (χ3n) is 4.76. The van der Waals surface area contributed by atoms with Gasteiger partial charge in [-0.2, -0.15) is 4.98 Å². The minimum Gasteiger partial charge on any atom is -0.374 e. The summed E-state index contributed by atoms with van der Waals surface area (Å²) in [5, 5.41) is 3.10. The van der Waals surface area contributed by atoms with Gasteiger partial charge in [-0.15, -0.1) is 0 Å². The third kappa shape index (κ3) is 4.42. The highest BCUT2D eigenvalue weighted by atomic mass is 16.5. The van der Waals surface area contributed by atoms with E-state index in [1.807, 2.05) is 50.1 Å². The summed E-state index contributed by atoms with van der Waals surface area (Å²) in [7, 11) is 1.95. The first-order chi connectivity index (χ1) is 13.5. The van der Waals surface area contributed by atoms with Crippen LogP contribution in [0.1, 0.15) is 36.2 Å². The van der Waals surface area contributed by atoms with Gasteiger partial charge in [-0.05, 0) is 38.0 Å². The normalized spacial score (nSPS) is 15.2. The molecule has 2 aromatic rings. The number of carbonyl (C=O) groups is 1. The van der Waals surface area contributed by atoms with Crippen LogP contribution in [0.2, 0.25) is 0 Å². The number of benzene rings is 1. The second-order valence-corrected chi connectivity index (χ2v) is 6.92. The van der Waals surface area contributed by atoms with Gasteiger partial charge in [0.05, 0.1) is 12.7 Å². The average molecular weight is 382 g/mol. The number of ether oxygens (including phenoxy) is 1. The first-order valence-corrected chi connectivity index (χ1v) is 9.67. The number of nitrogens with one attached hydrogen (secondary N) is 1. The Labute approximate surface area is 166 Å². The molecule has 0 bridgehead atoms. The van der Waals surface area contributed by atoms with Crippen LogP contribution in [0.3, 0.4) is 0 Å². The fraction of sp³-hybridized carbons (Fsp3) is 0.429. The molecule has 3 rings (SSSR count). The predicted molar refractivity (Wildman–Crippen MR) is 112 cm³/mol. The van der Waals surface area contributed by atoms with Crippen molar-refractivity contribution in [1.29, 1.82) is 0 Å². The van der Waals surface area contributed by atoms with E-state index >= 15 is 0 Å². The van der Waals surface area contributed by atoms with E-state index in [1.165, 1.54) is 0 Å². The van der Waals surface area contributed by atoms with Crippen molar-refractivity contribution in [3.8, 4) is 0 Å². The van der Waals surface area contributed by atoms with Gasteiger partial charge in [0.1, 0.15) is 11.4 Å². The van der Waals surface area contributed by atoms with Gasteiger partial charge in [-0.25, -0.2) is 4.98 Å². The Morgan fingerprint density at radius 1 is 1.36 bits per heavy atom. The van der Waals surface area contributed by atoms with Crippen LogP contribution in [0.5, 0.6) is 0 Å². The number of hydrogen-bond acceptors (Lipinski definition) is 6. The van der Waals surface area contributed by atoms with E-state index in [1.54, 1.807) is 11.1 Å². The molecule has 1 unspecified atom stereocenters. The van der Waals surface area contributed by atoms with E-state index < -0.39 is 0 Å². The number of aromatic nitrogens is 2. The number of rotatable bonds is 7. The molecule has 1 aliphatic rings. The number of carbonyl (C=O) groups excluding carboxylic acids is 1. The molecule has 1 radical (unpaired) electrons. The third-order valence-corrected chi connectivity index (χ3v) is 4.76. The molecule has 1 atom stereocenters. The SMILES string of the molecule is [CH2]CC(C)OCc1cccc(N2CCN(C)c3nc(NCC)ncc3C2=O)c1. The van der Waals surface area contributed by atoms with Crippen molar-refractivity contribution in [2.24, 2.45) is 0 Å². The molecule has 7 nitrogen and oxygen atoms in total. The van der Waals surface area contributed by atoms with Crippen molar-refractivity contribution in [2.75, 3.05) is 41.8 Å². The average Bonchev–Trinajstić information content (AvgIpc) is 2.83. The molecule has 0 spiro atoms. The van der Waals surface area contributed by atoms with Crippen LogP contribution in [-0.2, 0) is 11.3 Å². The van der Waals surface area contributed by atoms with Crippen LogP contribution >= 0.6 is 0 Å². The zero-order valence-corrected chi connectivity index (χ0v) is 16.8. The van der Waals surface area contributed by atoms with Crippen LogP contribution in [0.15, 0.2) is 30.5 Å². The number of amides is 1. The lowest BCUT2D eigenvalue weighted by Crippen LogP contribution is -2.33. The minimum absolute atomic E-state index is 0.0911. The second kappa shape index (κ2) is 9.01. The summed E-state index contributed by atoms with van der Waals surface area (Å²) in [6, 6.07) is 7.92. The van der Waals surface area contributed by atoms with Crippen molar-refractivity contribution in [1.82, 2.24) is 9.97 Å². The predicted octanol–water partition coefficient (Wildman–Crippen LogP) is 3.13. The first kappa shape index (κ1) is 20.1. The number of nitrogens with zero attached hydrogens (tertiary/aromatic N) is 4. The molecular weight excluding hydrogens is 354 g/mol. The van der Waals surface area contributed by atoms with Gasteiger partial charge in [-0.1, -0.05) is 19.1 Å². The Balaban J connectivity index is 1.86. The van der Waals surface area contributed by atoms with Crippen LogP contribution < -0.4 is 15.1 Å². The lowest BCUT2D eigenvalue weighted by molar-refractivity contribution is 0.0548. The maximum absolute atomic E-state index is 13.2. The van der Waals surface area contributed by atoms with Crippen LogP contribution in [0, 0.1) is 6.92 Å². The summed E-state index contributed by atoms with van der Waals surface area (Å²) in [6.45, 7) is 10.3. The zero-order chi connectivity index (χ0) is 20.1. The molecule has 7 heteroatoms. The fourth-order valence-electron chi connectivity index (χ4n) is 3.04. The molecule has 0 aliphatic carbocycles. The molecule has 28 heavy (non-hydrogen) atoms. The molecule has 0 saturated carbocycles. The molecule has 0 fully saturated rings. The Morgan fingerprint density at radius 2 is 2.18 bits per heavy atom. The quantitative estimate of drug-likeness (QED) is 0.793. The lowest BCUT2D eigenvalue weighted by atomic mass is 10.1. The topological polar surface area (TPSA) is 70.6 Å². The van der Waals surface area contributed by atoms with Crippen molar-refractivity contribution in [3.05, 3.63) is 48.5 Å². The number of anilines is 3. The standard InChI is InChI=1S/C21H28N5O2/c1-5-15(3)28-14-16-8-7-9-17(12-16)26-11-10-25(4)19-18(20(26)27)13-23-21(24-19)22-6-2/h7-9,12-13,15H,1,5-6,10-11,14H2,2-4H3,(H,22,23,24). The van der Waals surface area contributed by atoms with Gasteiger partial charge in [0.25, 0.3) is 5.91 Å². The summed E-state index contributed by atoms with van der Waals surface area (Å²) < 4.78 is 5.78. The molecule has 1 aromatic carbocycles. The largest absolute Gasteiger partial charge is 0.374 e. The summed E-state index contributed by atoms with van der Waals surface area (Å²) in [4.78, 5) is 25.8. The zero-order valence-electron chi connectivity index (χ0n) is 16.8. The maximum Gasteiger partial charge on any atom is 0.263 e. The molecular formula is C21H28N5O2. The van der Waals surface area contributed by atoms with E-state index in [4.69, 9.17) is 4.74 Å². The Kier molecular flexibility index (Phi) is 6.46. The number of fused-ring (bicyclic) bond motifs is 1. The molecule has 0 saturated heterocycles. The molecule has 1 aromatic heterocycles. The van der Waals surface area contributed by atoms with Gasteiger partial charge < -0.3 is 19.9 Å². The lowest BCUT2D eigenvalue weighted by Gasteiger charge is -2.22. The summed E-state index contributed by atoms with van der Waals surface area (Å²) in [5.41, 5.74) is 2.39. The first-order valence-electron chi connectivity index (χ1n) is 9.67. The van der Waals surface area contributed by atoms with Crippen LogP contribution in [0.4, 0.5) is 17.5 Å². The summed E-state index contributed by atoms with van der Waals surface area (Å²) in [6.07, 6.45) is 2.44. The van der Waals surface area contributed by atoms with E-state index in [2.05, 4.69) is 22.2 Å². The Hall–Kier alpha value is -2.67. The Bertz CT molecular complexity index is 826. The second-order valence-electron chi connectivity index (χ2n) is 6.92. The van der Waals surface area contributed by atoms with Crippen LogP contribution in [-0.4, -0.2) is 48.7 Å². The highest BCUT2D eigenvalue weighted by Crippen LogP contribution is 2.27. The minimum atomic E-state index is -0.0911. The summed E-state index contributed by atoms with van der Waals surface area (Å²) in [5.74, 6) is 1.10. The van der Waals surface area contributed by atoms with Crippen molar-refractivity contribution < 1.29 is 9.53 Å². The molecule has 149 valence electrons. The molecule has 1 N–H and O–H groups in total.